The Labute approximate surface area is 135 Å². The number of pyridine rings is 1. The number of likely N-dealkylation sites (tertiary alicyclic amines) is 2. The Morgan fingerprint density at radius 1 is 1.22 bits per heavy atom. The van der Waals surface area contributed by atoms with E-state index in [4.69, 9.17) is 4.74 Å². The van der Waals surface area contributed by atoms with Crippen LogP contribution in [0.15, 0.2) is 36.5 Å². The summed E-state index contributed by atoms with van der Waals surface area (Å²) >= 11 is 0. The van der Waals surface area contributed by atoms with Crippen LogP contribution in [-0.4, -0.2) is 54.1 Å². The number of fused-ring (bicyclic) bond motifs is 1. The van der Waals surface area contributed by atoms with Gasteiger partial charge in [-0.15, -0.1) is 0 Å². The molecule has 2 fully saturated rings. The van der Waals surface area contributed by atoms with Gasteiger partial charge in [0.2, 0.25) is 0 Å². The standard InChI is InChI=1S/C18H21N3O2/c1-20-12-18(13-20)6-9-21(10-7-18)17(22)23-15-5-4-14-3-2-8-19-16(14)11-15/h2-5,8,11H,6-7,9-10,12-13H2,1H3. The Hall–Kier alpha value is -2.14. The number of amides is 1. The third-order valence-electron chi connectivity index (χ3n) is 5.08. The van der Waals surface area contributed by atoms with Crippen molar-refractivity contribution in [3.8, 4) is 5.75 Å². The molecule has 1 aromatic heterocycles. The molecule has 1 amide bonds. The number of carbonyl (C=O) groups excluding carboxylic acids is 1. The van der Waals surface area contributed by atoms with Gasteiger partial charge in [-0.05, 0) is 43.5 Å². The van der Waals surface area contributed by atoms with Gasteiger partial charge in [-0.3, -0.25) is 4.98 Å². The van der Waals surface area contributed by atoms with E-state index in [1.165, 1.54) is 0 Å². The molecule has 0 radical (unpaired) electrons. The van der Waals surface area contributed by atoms with E-state index in [1.54, 1.807) is 6.20 Å². The number of piperidine rings is 1. The SMILES string of the molecule is CN1CC2(CCN(C(=O)Oc3ccc4cccnc4c3)CC2)C1. The largest absolute Gasteiger partial charge is 0.415 e. The summed E-state index contributed by atoms with van der Waals surface area (Å²) in [5.41, 5.74) is 1.28. The lowest BCUT2D eigenvalue weighted by Crippen LogP contribution is -2.59. The predicted molar refractivity (Wildman–Crippen MR) is 88.5 cm³/mol. The van der Waals surface area contributed by atoms with Crippen molar-refractivity contribution >= 4 is 17.0 Å². The van der Waals surface area contributed by atoms with Gasteiger partial charge < -0.3 is 14.5 Å². The fraction of sp³-hybridized carbons (Fsp3) is 0.444. The molecule has 2 aliphatic rings. The minimum atomic E-state index is -0.247. The van der Waals surface area contributed by atoms with Crippen molar-refractivity contribution in [1.82, 2.24) is 14.8 Å². The molecule has 4 rings (SSSR count). The number of hydrogen-bond acceptors (Lipinski definition) is 4. The van der Waals surface area contributed by atoms with Crippen LogP contribution >= 0.6 is 0 Å². The number of benzene rings is 1. The first-order valence-corrected chi connectivity index (χ1v) is 8.14. The summed E-state index contributed by atoms with van der Waals surface area (Å²) in [6, 6.07) is 9.47. The summed E-state index contributed by atoms with van der Waals surface area (Å²) in [7, 11) is 2.15. The zero-order chi connectivity index (χ0) is 15.9. The van der Waals surface area contributed by atoms with Crippen LogP contribution < -0.4 is 4.74 Å². The fourth-order valence-electron chi connectivity index (χ4n) is 3.85. The van der Waals surface area contributed by atoms with Crippen LogP contribution in [0.25, 0.3) is 10.9 Å². The van der Waals surface area contributed by atoms with E-state index in [0.29, 0.717) is 11.2 Å². The smallest absolute Gasteiger partial charge is 0.410 e. The highest BCUT2D eigenvalue weighted by Crippen LogP contribution is 2.39. The molecule has 2 saturated heterocycles. The van der Waals surface area contributed by atoms with Crippen molar-refractivity contribution in [2.75, 3.05) is 33.2 Å². The van der Waals surface area contributed by atoms with Crippen LogP contribution in [0.1, 0.15) is 12.8 Å². The highest BCUT2D eigenvalue weighted by molar-refractivity contribution is 5.81. The normalized spacial score (nSPS) is 20.5. The summed E-state index contributed by atoms with van der Waals surface area (Å²) in [4.78, 5) is 20.8. The van der Waals surface area contributed by atoms with E-state index in [0.717, 1.165) is 49.9 Å². The van der Waals surface area contributed by atoms with Gasteiger partial charge in [0.15, 0.2) is 0 Å². The van der Waals surface area contributed by atoms with Gasteiger partial charge in [-0.1, -0.05) is 6.07 Å². The highest BCUT2D eigenvalue weighted by Gasteiger charge is 2.43. The molecule has 3 heterocycles. The highest BCUT2D eigenvalue weighted by atomic mass is 16.6. The third-order valence-corrected chi connectivity index (χ3v) is 5.08. The molecule has 5 nitrogen and oxygen atoms in total. The summed E-state index contributed by atoms with van der Waals surface area (Å²) in [5, 5.41) is 1.04. The zero-order valence-corrected chi connectivity index (χ0v) is 13.4. The molecule has 0 bridgehead atoms. The van der Waals surface area contributed by atoms with Crippen molar-refractivity contribution in [3.63, 3.8) is 0 Å². The quantitative estimate of drug-likeness (QED) is 0.812. The maximum absolute atomic E-state index is 12.4. The maximum atomic E-state index is 12.4. The molecule has 2 aromatic rings. The molecule has 0 N–H and O–H groups in total. The first-order valence-electron chi connectivity index (χ1n) is 8.14. The van der Waals surface area contributed by atoms with E-state index in [1.807, 2.05) is 35.2 Å². The molecule has 1 aromatic carbocycles. The molecule has 0 unspecified atom stereocenters. The van der Waals surface area contributed by atoms with Crippen LogP contribution in [0.3, 0.4) is 0 Å². The van der Waals surface area contributed by atoms with Crippen molar-refractivity contribution < 1.29 is 9.53 Å². The van der Waals surface area contributed by atoms with Gasteiger partial charge in [-0.25, -0.2) is 4.79 Å². The Kier molecular flexibility index (Phi) is 3.45. The van der Waals surface area contributed by atoms with E-state index in [2.05, 4.69) is 16.9 Å². The summed E-state index contributed by atoms with van der Waals surface area (Å²) in [6.07, 6.45) is 3.65. The summed E-state index contributed by atoms with van der Waals surface area (Å²) in [5.74, 6) is 0.560. The second-order valence-electron chi connectivity index (χ2n) is 6.89. The number of rotatable bonds is 1. The number of carbonyl (C=O) groups is 1. The van der Waals surface area contributed by atoms with Gasteiger partial charge in [0.1, 0.15) is 5.75 Å². The van der Waals surface area contributed by atoms with E-state index in [-0.39, 0.29) is 6.09 Å². The first-order chi connectivity index (χ1) is 11.1. The lowest BCUT2D eigenvalue weighted by molar-refractivity contribution is -0.0265. The van der Waals surface area contributed by atoms with Gasteiger partial charge >= 0.3 is 6.09 Å². The van der Waals surface area contributed by atoms with Gasteiger partial charge in [-0.2, -0.15) is 0 Å². The van der Waals surface area contributed by atoms with Crippen LogP contribution in [0.2, 0.25) is 0 Å². The van der Waals surface area contributed by atoms with Crippen LogP contribution in [0.5, 0.6) is 5.75 Å². The van der Waals surface area contributed by atoms with E-state index < -0.39 is 0 Å². The Balaban J connectivity index is 1.39. The topological polar surface area (TPSA) is 45.7 Å². The van der Waals surface area contributed by atoms with E-state index >= 15 is 0 Å². The van der Waals surface area contributed by atoms with Crippen LogP contribution in [0, 0.1) is 5.41 Å². The number of nitrogens with zero attached hydrogens (tertiary/aromatic N) is 3. The van der Waals surface area contributed by atoms with Crippen molar-refractivity contribution in [2.45, 2.75) is 12.8 Å². The Bertz CT molecular complexity index is 730. The molecule has 5 heteroatoms. The Morgan fingerprint density at radius 2 is 2.00 bits per heavy atom. The van der Waals surface area contributed by atoms with Crippen molar-refractivity contribution in [3.05, 3.63) is 36.5 Å². The minimum Gasteiger partial charge on any atom is -0.410 e. The molecule has 0 aliphatic carbocycles. The monoisotopic (exact) mass is 311 g/mol. The average molecular weight is 311 g/mol. The minimum absolute atomic E-state index is 0.247. The van der Waals surface area contributed by atoms with Crippen LogP contribution in [0.4, 0.5) is 4.79 Å². The summed E-state index contributed by atoms with van der Waals surface area (Å²) in [6.45, 7) is 3.90. The number of aromatic nitrogens is 1. The summed E-state index contributed by atoms with van der Waals surface area (Å²) < 4.78 is 5.54. The first kappa shape index (κ1) is 14.5. The zero-order valence-electron chi connectivity index (χ0n) is 13.4. The molecule has 1 spiro atoms. The molecule has 0 saturated carbocycles. The van der Waals surface area contributed by atoms with Crippen molar-refractivity contribution in [2.24, 2.45) is 5.41 Å². The second-order valence-corrected chi connectivity index (χ2v) is 6.89. The predicted octanol–water partition coefficient (Wildman–Crippen LogP) is 2.76. The lowest BCUT2D eigenvalue weighted by atomic mass is 9.72. The molecular weight excluding hydrogens is 290 g/mol. The Morgan fingerprint density at radius 3 is 2.74 bits per heavy atom. The molecule has 0 atom stereocenters. The van der Waals surface area contributed by atoms with Gasteiger partial charge in [0.25, 0.3) is 0 Å². The molecule has 2 aliphatic heterocycles. The molecule has 23 heavy (non-hydrogen) atoms. The fourth-order valence-corrected chi connectivity index (χ4v) is 3.85. The maximum Gasteiger partial charge on any atom is 0.415 e. The van der Waals surface area contributed by atoms with Gasteiger partial charge in [0, 0.05) is 43.8 Å². The van der Waals surface area contributed by atoms with Crippen molar-refractivity contribution in [1.29, 1.82) is 0 Å². The number of ether oxygens (including phenoxy) is 1. The van der Waals surface area contributed by atoms with Gasteiger partial charge in [0.05, 0.1) is 5.52 Å². The average Bonchev–Trinajstić information content (AvgIpc) is 2.54. The third kappa shape index (κ3) is 2.77. The second kappa shape index (κ2) is 5.49. The number of hydrogen-bond donors (Lipinski definition) is 0. The van der Waals surface area contributed by atoms with E-state index in [9.17, 15) is 4.79 Å². The lowest BCUT2D eigenvalue weighted by Gasteiger charge is -2.52. The molecular formula is C18H21N3O2. The van der Waals surface area contributed by atoms with Crippen LogP contribution in [-0.2, 0) is 0 Å². The molecule has 120 valence electrons.